The number of carbonyl (C=O) groups excluding carboxylic acids is 1. The highest BCUT2D eigenvalue weighted by molar-refractivity contribution is 6.31. The SMILES string of the molecule is O=C(NCc1cccnn1)Nc1cc(Cl)cc(C(=O)O)c1. The molecular formula is C13H11ClN4O3. The van der Waals surface area contributed by atoms with Crippen LogP contribution in [-0.2, 0) is 6.54 Å². The number of benzene rings is 1. The predicted octanol–water partition coefficient (Wildman–Crippen LogP) is 2.15. The Hall–Kier alpha value is -2.67. The van der Waals surface area contributed by atoms with E-state index in [0.29, 0.717) is 5.69 Å². The van der Waals surface area contributed by atoms with Crippen LogP contribution in [0.15, 0.2) is 36.5 Å². The van der Waals surface area contributed by atoms with Gasteiger partial charge in [0.2, 0.25) is 0 Å². The maximum atomic E-state index is 11.7. The molecule has 0 bridgehead atoms. The third-order valence-corrected chi connectivity index (χ3v) is 2.68. The van der Waals surface area contributed by atoms with Gasteiger partial charge >= 0.3 is 12.0 Å². The van der Waals surface area contributed by atoms with Crippen molar-refractivity contribution in [2.24, 2.45) is 0 Å². The van der Waals surface area contributed by atoms with Gasteiger partial charge < -0.3 is 15.7 Å². The summed E-state index contributed by atoms with van der Waals surface area (Å²) in [5.41, 5.74) is 0.883. The van der Waals surface area contributed by atoms with Crippen LogP contribution in [0, 0.1) is 0 Å². The summed E-state index contributed by atoms with van der Waals surface area (Å²) in [5, 5.41) is 21.7. The molecule has 21 heavy (non-hydrogen) atoms. The summed E-state index contributed by atoms with van der Waals surface area (Å²) >= 11 is 5.80. The molecule has 2 amide bonds. The summed E-state index contributed by atoms with van der Waals surface area (Å²) < 4.78 is 0. The lowest BCUT2D eigenvalue weighted by molar-refractivity contribution is 0.0697. The van der Waals surface area contributed by atoms with Crippen LogP contribution in [0.3, 0.4) is 0 Å². The maximum Gasteiger partial charge on any atom is 0.335 e. The number of urea groups is 1. The summed E-state index contributed by atoms with van der Waals surface area (Å²) in [6.07, 6.45) is 1.53. The number of hydrogen-bond donors (Lipinski definition) is 3. The second-order valence-electron chi connectivity index (χ2n) is 4.06. The summed E-state index contributed by atoms with van der Waals surface area (Å²) in [5.74, 6) is -1.12. The van der Waals surface area contributed by atoms with E-state index in [0.717, 1.165) is 0 Å². The van der Waals surface area contributed by atoms with Crippen molar-refractivity contribution in [1.29, 1.82) is 0 Å². The first-order valence-corrected chi connectivity index (χ1v) is 6.28. The number of carboxylic acid groups (broad SMARTS) is 1. The smallest absolute Gasteiger partial charge is 0.335 e. The zero-order chi connectivity index (χ0) is 15.2. The van der Waals surface area contributed by atoms with Gasteiger partial charge in [-0.05, 0) is 30.3 Å². The van der Waals surface area contributed by atoms with E-state index in [1.807, 2.05) is 0 Å². The Labute approximate surface area is 125 Å². The van der Waals surface area contributed by atoms with Crippen LogP contribution in [-0.4, -0.2) is 27.3 Å². The van der Waals surface area contributed by atoms with Crippen LogP contribution in [0.1, 0.15) is 16.1 Å². The van der Waals surface area contributed by atoms with E-state index in [-0.39, 0.29) is 22.8 Å². The van der Waals surface area contributed by atoms with Crippen LogP contribution >= 0.6 is 11.6 Å². The van der Waals surface area contributed by atoms with Gasteiger partial charge in [-0.15, -0.1) is 0 Å². The summed E-state index contributed by atoms with van der Waals surface area (Å²) in [6, 6.07) is 6.99. The Bertz CT molecular complexity index is 664. The highest BCUT2D eigenvalue weighted by Gasteiger charge is 2.08. The molecule has 0 aliphatic carbocycles. The molecule has 2 rings (SSSR count). The number of anilines is 1. The van der Waals surface area contributed by atoms with E-state index >= 15 is 0 Å². The Morgan fingerprint density at radius 3 is 2.76 bits per heavy atom. The summed E-state index contributed by atoms with van der Waals surface area (Å²) in [4.78, 5) is 22.6. The molecule has 108 valence electrons. The molecule has 8 heteroatoms. The first kappa shape index (κ1) is 14.7. The van der Waals surface area contributed by atoms with Gasteiger partial charge in [-0.2, -0.15) is 10.2 Å². The van der Waals surface area contributed by atoms with Crippen molar-refractivity contribution in [2.75, 3.05) is 5.32 Å². The van der Waals surface area contributed by atoms with Crippen molar-refractivity contribution in [1.82, 2.24) is 15.5 Å². The fourth-order valence-electron chi connectivity index (χ4n) is 1.56. The Morgan fingerprint density at radius 1 is 1.29 bits per heavy atom. The monoisotopic (exact) mass is 306 g/mol. The Morgan fingerprint density at radius 2 is 2.10 bits per heavy atom. The molecule has 1 heterocycles. The number of hydrogen-bond acceptors (Lipinski definition) is 4. The molecule has 0 fully saturated rings. The van der Waals surface area contributed by atoms with Gasteiger partial charge in [0.25, 0.3) is 0 Å². The van der Waals surface area contributed by atoms with E-state index in [4.69, 9.17) is 16.7 Å². The van der Waals surface area contributed by atoms with Crippen LogP contribution in [0.25, 0.3) is 0 Å². The van der Waals surface area contributed by atoms with Gasteiger partial charge in [0.1, 0.15) is 0 Å². The number of nitrogens with one attached hydrogen (secondary N) is 2. The van der Waals surface area contributed by atoms with Crippen molar-refractivity contribution in [3.05, 3.63) is 52.8 Å². The molecule has 0 aliphatic heterocycles. The van der Waals surface area contributed by atoms with Crippen molar-refractivity contribution in [3.63, 3.8) is 0 Å². The fourth-order valence-corrected chi connectivity index (χ4v) is 1.79. The standard InChI is InChI=1S/C13H11ClN4O3/c14-9-4-8(12(19)20)5-11(6-9)17-13(21)15-7-10-2-1-3-16-18-10/h1-6H,7H2,(H,19,20)(H2,15,17,21). The number of rotatable bonds is 4. The van der Waals surface area contributed by atoms with Gasteiger partial charge in [-0.3, -0.25) is 0 Å². The first-order chi connectivity index (χ1) is 10.0. The highest BCUT2D eigenvalue weighted by Crippen LogP contribution is 2.19. The molecular weight excluding hydrogens is 296 g/mol. The van der Waals surface area contributed by atoms with Gasteiger partial charge in [0, 0.05) is 16.9 Å². The van der Waals surface area contributed by atoms with Gasteiger partial charge in [0.15, 0.2) is 0 Å². The minimum atomic E-state index is -1.12. The topological polar surface area (TPSA) is 104 Å². The molecule has 0 saturated heterocycles. The normalized spacial score (nSPS) is 9.95. The van der Waals surface area contributed by atoms with Crippen LogP contribution < -0.4 is 10.6 Å². The molecule has 7 nitrogen and oxygen atoms in total. The van der Waals surface area contributed by atoms with E-state index in [2.05, 4.69) is 20.8 Å². The lowest BCUT2D eigenvalue weighted by Gasteiger charge is -2.08. The Kier molecular flexibility index (Phi) is 4.68. The number of halogens is 1. The average molecular weight is 307 g/mol. The fraction of sp³-hybridized carbons (Fsp3) is 0.0769. The average Bonchev–Trinajstić information content (AvgIpc) is 2.45. The number of carboxylic acids is 1. The van der Waals surface area contributed by atoms with E-state index < -0.39 is 12.0 Å². The van der Waals surface area contributed by atoms with Gasteiger partial charge in [-0.25, -0.2) is 9.59 Å². The predicted molar refractivity (Wildman–Crippen MR) is 76.3 cm³/mol. The molecule has 0 saturated carbocycles. The highest BCUT2D eigenvalue weighted by atomic mass is 35.5. The molecule has 0 unspecified atom stereocenters. The zero-order valence-corrected chi connectivity index (χ0v) is 11.5. The summed E-state index contributed by atoms with van der Waals surface area (Å²) in [7, 11) is 0. The van der Waals surface area contributed by atoms with Gasteiger partial charge in [0.05, 0.1) is 17.8 Å². The lowest BCUT2D eigenvalue weighted by Crippen LogP contribution is -2.28. The van der Waals surface area contributed by atoms with E-state index in [9.17, 15) is 9.59 Å². The molecule has 0 spiro atoms. The number of aromatic nitrogens is 2. The first-order valence-electron chi connectivity index (χ1n) is 5.90. The number of carbonyl (C=O) groups is 2. The molecule has 0 radical (unpaired) electrons. The van der Waals surface area contributed by atoms with Crippen molar-refractivity contribution >= 4 is 29.3 Å². The second kappa shape index (κ2) is 6.67. The quantitative estimate of drug-likeness (QED) is 0.803. The van der Waals surface area contributed by atoms with Crippen molar-refractivity contribution in [2.45, 2.75) is 6.54 Å². The summed E-state index contributed by atoms with van der Waals surface area (Å²) in [6.45, 7) is 0.200. The molecule has 1 aromatic heterocycles. The molecule has 0 aliphatic rings. The molecule has 1 aromatic carbocycles. The number of amides is 2. The van der Waals surface area contributed by atoms with Crippen molar-refractivity contribution < 1.29 is 14.7 Å². The molecule has 3 N–H and O–H groups in total. The second-order valence-corrected chi connectivity index (χ2v) is 4.49. The largest absolute Gasteiger partial charge is 0.478 e. The molecule has 2 aromatic rings. The van der Waals surface area contributed by atoms with Crippen LogP contribution in [0.5, 0.6) is 0 Å². The molecule has 0 atom stereocenters. The Balaban J connectivity index is 1.98. The van der Waals surface area contributed by atoms with Crippen molar-refractivity contribution in [3.8, 4) is 0 Å². The third kappa shape index (κ3) is 4.43. The van der Waals surface area contributed by atoms with Gasteiger partial charge in [-0.1, -0.05) is 11.6 Å². The van der Waals surface area contributed by atoms with Crippen LogP contribution in [0.4, 0.5) is 10.5 Å². The maximum absolute atomic E-state index is 11.7. The van der Waals surface area contributed by atoms with E-state index in [1.54, 1.807) is 12.1 Å². The minimum Gasteiger partial charge on any atom is -0.478 e. The minimum absolute atomic E-state index is 0.00766. The third-order valence-electron chi connectivity index (χ3n) is 2.46. The number of nitrogens with zero attached hydrogens (tertiary/aromatic N) is 2. The van der Waals surface area contributed by atoms with Crippen LogP contribution in [0.2, 0.25) is 5.02 Å². The lowest BCUT2D eigenvalue weighted by atomic mass is 10.2. The van der Waals surface area contributed by atoms with E-state index in [1.165, 1.54) is 24.4 Å². The number of aromatic carboxylic acids is 1. The zero-order valence-electron chi connectivity index (χ0n) is 10.7.